The van der Waals surface area contributed by atoms with Gasteiger partial charge in [0.2, 0.25) is 0 Å². The van der Waals surface area contributed by atoms with Crippen LogP contribution in [-0.4, -0.2) is 52.6 Å². The summed E-state index contributed by atoms with van der Waals surface area (Å²) in [6.07, 6.45) is 3.36. The Kier molecular flexibility index (Phi) is 5.61. The highest BCUT2D eigenvalue weighted by atomic mass is 16.4. The maximum Gasteiger partial charge on any atom is 0.326 e. The zero-order chi connectivity index (χ0) is 14.4. The minimum atomic E-state index is -0.948. The van der Waals surface area contributed by atoms with E-state index < -0.39 is 12.0 Å². The van der Waals surface area contributed by atoms with Crippen LogP contribution in [0.2, 0.25) is 0 Å². The number of hydrogen-bond acceptors (Lipinski definition) is 3. The normalized spacial score (nSPS) is 21.1. The van der Waals surface area contributed by atoms with Crippen molar-refractivity contribution in [2.45, 2.75) is 51.1 Å². The maximum absolute atomic E-state index is 12.4. The van der Waals surface area contributed by atoms with Crippen LogP contribution < -0.4 is 0 Å². The molecular formula is C13H21N3O3. The molecule has 19 heavy (non-hydrogen) atoms. The molecule has 1 N–H and O–H groups in total. The average molecular weight is 267 g/mol. The van der Waals surface area contributed by atoms with Gasteiger partial charge in [-0.1, -0.05) is 12.8 Å². The Morgan fingerprint density at radius 3 is 2.74 bits per heavy atom. The molecule has 6 nitrogen and oxygen atoms in total. The standard InChI is InChI=1S/C13H21N3O3/c1-10(7-8-14)15(2)13(19)16-9-5-3-4-6-11(16)12(17)18/h10-11H,3-7,9H2,1-2H3,(H,17,18). The molecule has 106 valence electrons. The van der Waals surface area contributed by atoms with Gasteiger partial charge in [-0.2, -0.15) is 5.26 Å². The first-order valence-electron chi connectivity index (χ1n) is 6.62. The molecule has 1 heterocycles. The van der Waals surface area contributed by atoms with E-state index in [2.05, 4.69) is 0 Å². The largest absolute Gasteiger partial charge is 0.480 e. The van der Waals surface area contributed by atoms with Gasteiger partial charge in [0.1, 0.15) is 6.04 Å². The smallest absolute Gasteiger partial charge is 0.326 e. The molecule has 1 aliphatic rings. The number of amides is 2. The third kappa shape index (κ3) is 3.85. The van der Waals surface area contributed by atoms with Crippen LogP contribution in [0, 0.1) is 11.3 Å². The SMILES string of the molecule is CC(CC#N)N(C)C(=O)N1CCCCCC1C(=O)O. The Morgan fingerprint density at radius 1 is 1.47 bits per heavy atom. The second-order valence-corrected chi connectivity index (χ2v) is 5.00. The summed E-state index contributed by atoms with van der Waals surface area (Å²) in [5.74, 6) is -0.948. The molecular weight excluding hydrogens is 246 g/mol. The van der Waals surface area contributed by atoms with Crippen molar-refractivity contribution in [2.24, 2.45) is 0 Å². The average Bonchev–Trinajstić information content (AvgIpc) is 2.62. The van der Waals surface area contributed by atoms with Gasteiger partial charge in [0, 0.05) is 19.6 Å². The fraction of sp³-hybridized carbons (Fsp3) is 0.769. The number of hydrogen-bond donors (Lipinski definition) is 1. The molecule has 0 aromatic rings. The number of nitrogens with zero attached hydrogens (tertiary/aromatic N) is 3. The van der Waals surface area contributed by atoms with Gasteiger partial charge in [0.25, 0.3) is 0 Å². The first-order chi connectivity index (χ1) is 8.99. The second kappa shape index (κ2) is 6.98. The monoisotopic (exact) mass is 267 g/mol. The van der Waals surface area contributed by atoms with Crippen molar-refractivity contribution in [1.82, 2.24) is 9.80 Å². The van der Waals surface area contributed by atoms with E-state index in [1.54, 1.807) is 14.0 Å². The number of carboxylic acid groups (broad SMARTS) is 1. The summed E-state index contributed by atoms with van der Waals surface area (Å²) in [4.78, 5) is 26.5. The lowest BCUT2D eigenvalue weighted by Gasteiger charge is -2.33. The zero-order valence-electron chi connectivity index (χ0n) is 11.5. The van der Waals surface area contributed by atoms with E-state index in [9.17, 15) is 14.7 Å². The lowest BCUT2D eigenvalue weighted by Crippen LogP contribution is -2.51. The fourth-order valence-corrected chi connectivity index (χ4v) is 2.25. The lowest BCUT2D eigenvalue weighted by atomic mass is 10.1. The van der Waals surface area contributed by atoms with E-state index in [0.29, 0.717) is 13.0 Å². The van der Waals surface area contributed by atoms with Crippen molar-refractivity contribution < 1.29 is 14.7 Å². The van der Waals surface area contributed by atoms with Crippen LogP contribution in [0.25, 0.3) is 0 Å². The molecule has 2 atom stereocenters. The minimum Gasteiger partial charge on any atom is -0.480 e. The topological polar surface area (TPSA) is 84.6 Å². The molecule has 1 fully saturated rings. The fourth-order valence-electron chi connectivity index (χ4n) is 2.25. The van der Waals surface area contributed by atoms with Crippen molar-refractivity contribution in [1.29, 1.82) is 5.26 Å². The zero-order valence-corrected chi connectivity index (χ0v) is 11.5. The van der Waals surface area contributed by atoms with Crippen LogP contribution in [-0.2, 0) is 4.79 Å². The van der Waals surface area contributed by atoms with Crippen molar-refractivity contribution in [3.63, 3.8) is 0 Å². The third-order valence-electron chi connectivity index (χ3n) is 3.63. The van der Waals surface area contributed by atoms with Gasteiger partial charge in [-0.25, -0.2) is 9.59 Å². The third-order valence-corrected chi connectivity index (χ3v) is 3.63. The van der Waals surface area contributed by atoms with Crippen molar-refractivity contribution in [3.05, 3.63) is 0 Å². The number of nitriles is 1. The van der Waals surface area contributed by atoms with Gasteiger partial charge in [-0.05, 0) is 19.8 Å². The van der Waals surface area contributed by atoms with Gasteiger partial charge < -0.3 is 14.9 Å². The number of rotatable bonds is 3. The number of aliphatic carboxylic acids is 1. The molecule has 0 aromatic carbocycles. The van der Waals surface area contributed by atoms with Crippen molar-refractivity contribution >= 4 is 12.0 Å². The molecule has 1 saturated heterocycles. The maximum atomic E-state index is 12.4. The number of carbonyl (C=O) groups is 2. The predicted octanol–water partition coefficient (Wildman–Crippen LogP) is 1.67. The Balaban J connectivity index is 2.81. The highest BCUT2D eigenvalue weighted by Crippen LogP contribution is 2.19. The Bertz CT molecular complexity index is 378. The molecule has 1 aliphatic heterocycles. The molecule has 1 rings (SSSR count). The molecule has 0 bridgehead atoms. The van der Waals surface area contributed by atoms with Crippen LogP contribution >= 0.6 is 0 Å². The van der Waals surface area contributed by atoms with Crippen LogP contribution in [0.4, 0.5) is 4.79 Å². The minimum absolute atomic E-state index is 0.213. The van der Waals surface area contributed by atoms with E-state index in [1.165, 1.54) is 9.80 Å². The Morgan fingerprint density at radius 2 is 2.16 bits per heavy atom. The highest BCUT2D eigenvalue weighted by Gasteiger charge is 2.33. The lowest BCUT2D eigenvalue weighted by molar-refractivity contribution is -0.142. The van der Waals surface area contributed by atoms with E-state index in [4.69, 9.17) is 5.26 Å². The second-order valence-electron chi connectivity index (χ2n) is 5.00. The van der Waals surface area contributed by atoms with Gasteiger partial charge in [-0.3, -0.25) is 0 Å². The first kappa shape index (κ1) is 15.3. The van der Waals surface area contributed by atoms with Crippen LogP contribution in [0.5, 0.6) is 0 Å². The number of likely N-dealkylation sites (tertiary alicyclic amines) is 1. The van der Waals surface area contributed by atoms with E-state index >= 15 is 0 Å². The molecule has 0 aromatic heterocycles. The van der Waals surface area contributed by atoms with Crippen molar-refractivity contribution in [3.8, 4) is 6.07 Å². The van der Waals surface area contributed by atoms with E-state index in [0.717, 1.165) is 19.3 Å². The number of carboxylic acids is 1. The molecule has 2 unspecified atom stereocenters. The summed E-state index contributed by atoms with van der Waals surface area (Å²) in [5, 5.41) is 17.9. The molecule has 0 radical (unpaired) electrons. The first-order valence-corrected chi connectivity index (χ1v) is 6.62. The summed E-state index contributed by atoms with van der Waals surface area (Å²) in [5.41, 5.74) is 0. The predicted molar refractivity (Wildman–Crippen MR) is 69.4 cm³/mol. The molecule has 0 spiro atoms. The molecule has 0 saturated carbocycles. The molecule has 0 aliphatic carbocycles. The van der Waals surface area contributed by atoms with Crippen molar-refractivity contribution in [2.75, 3.05) is 13.6 Å². The summed E-state index contributed by atoms with van der Waals surface area (Å²) in [7, 11) is 1.62. The van der Waals surface area contributed by atoms with Crippen LogP contribution in [0.15, 0.2) is 0 Å². The Hall–Kier alpha value is -1.77. The van der Waals surface area contributed by atoms with Gasteiger partial charge in [0.15, 0.2) is 0 Å². The quantitative estimate of drug-likeness (QED) is 0.843. The van der Waals surface area contributed by atoms with Gasteiger partial charge >= 0.3 is 12.0 Å². The molecule has 6 heteroatoms. The molecule has 2 amide bonds. The van der Waals surface area contributed by atoms with Gasteiger partial charge in [0.05, 0.1) is 12.5 Å². The van der Waals surface area contributed by atoms with Crippen LogP contribution in [0.3, 0.4) is 0 Å². The number of carbonyl (C=O) groups excluding carboxylic acids is 1. The van der Waals surface area contributed by atoms with Gasteiger partial charge in [-0.15, -0.1) is 0 Å². The van der Waals surface area contributed by atoms with E-state index in [-0.39, 0.29) is 18.5 Å². The van der Waals surface area contributed by atoms with Crippen LogP contribution in [0.1, 0.15) is 39.0 Å². The summed E-state index contributed by atoms with van der Waals surface area (Å²) >= 11 is 0. The summed E-state index contributed by atoms with van der Waals surface area (Å²) < 4.78 is 0. The Labute approximate surface area is 113 Å². The summed E-state index contributed by atoms with van der Waals surface area (Å²) in [6.45, 7) is 2.26. The summed E-state index contributed by atoms with van der Waals surface area (Å²) in [6, 6.07) is 0.773. The number of urea groups is 1. The van der Waals surface area contributed by atoms with E-state index in [1.807, 2.05) is 6.07 Å². The highest BCUT2D eigenvalue weighted by molar-refractivity contribution is 5.82.